The summed E-state index contributed by atoms with van der Waals surface area (Å²) in [6.07, 6.45) is 1.48. The third-order valence-electron chi connectivity index (χ3n) is 3.17. The largest absolute Gasteiger partial charge is 0.459 e. The molecule has 138 valence electrons. The van der Waals surface area contributed by atoms with Gasteiger partial charge < -0.3 is 20.4 Å². The second kappa shape index (κ2) is 11.1. The molecule has 0 saturated carbocycles. The lowest BCUT2D eigenvalue weighted by atomic mass is 10.4. The van der Waals surface area contributed by atoms with Gasteiger partial charge in [-0.2, -0.15) is 0 Å². The molecule has 0 aliphatic carbocycles. The average Bonchev–Trinajstić information content (AvgIpc) is 3.18. The highest BCUT2D eigenvalue weighted by molar-refractivity contribution is 14.0. The number of nitrogens with zero attached hydrogens (tertiary/aromatic N) is 2. The van der Waals surface area contributed by atoms with Crippen LogP contribution in [0.5, 0.6) is 0 Å². The van der Waals surface area contributed by atoms with Gasteiger partial charge in [0.05, 0.1) is 23.5 Å². The lowest BCUT2D eigenvalue weighted by Gasteiger charge is -2.11. The minimum Gasteiger partial charge on any atom is -0.459 e. The molecule has 1 amide bonds. The summed E-state index contributed by atoms with van der Waals surface area (Å²) in [4.78, 5) is 21.9. The van der Waals surface area contributed by atoms with Gasteiger partial charge in [-0.25, -0.2) is 9.98 Å². The Morgan fingerprint density at radius 3 is 2.64 bits per heavy atom. The number of furan rings is 1. The highest BCUT2D eigenvalue weighted by Gasteiger charge is 2.07. The summed E-state index contributed by atoms with van der Waals surface area (Å²) in [5.74, 6) is 0.807. The molecule has 0 spiro atoms. The number of carbonyl (C=O) groups excluding carboxylic acids is 1. The van der Waals surface area contributed by atoms with Crippen LogP contribution in [0.25, 0.3) is 0 Å². The van der Waals surface area contributed by atoms with E-state index in [4.69, 9.17) is 4.42 Å². The number of nitrogens with one attached hydrogen (secondary N) is 3. The number of aliphatic imine (C=N–C) groups is 1. The predicted molar refractivity (Wildman–Crippen MR) is 111 cm³/mol. The summed E-state index contributed by atoms with van der Waals surface area (Å²) in [6, 6.07) is 3.32. The first kappa shape index (κ1) is 21.4. The Labute approximate surface area is 168 Å². The van der Waals surface area contributed by atoms with Gasteiger partial charge in [-0.1, -0.05) is 0 Å². The molecule has 0 saturated heterocycles. The van der Waals surface area contributed by atoms with E-state index in [2.05, 4.69) is 25.9 Å². The Balaban J connectivity index is 0.00000312. The minimum absolute atomic E-state index is 0. The van der Waals surface area contributed by atoms with Crippen molar-refractivity contribution in [2.24, 2.45) is 4.99 Å². The average molecular weight is 477 g/mol. The molecule has 2 aromatic heterocycles. The van der Waals surface area contributed by atoms with E-state index in [-0.39, 0.29) is 29.9 Å². The van der Waals surface area contributed by atoms with Gasteiger partial charge in [0, 0.05) is 24.5 Å². The third-order valence-corrected chi connectivity index (χ3v) is 4.23. The number of hydrogen-bond donors (Lipinski definition) is 3. The van der Waals surface area contributed by atoms with Gasteiger partial charge in [0.15, 0.2) is 11.7 Å². The fourth-order valence-electron chi connectivity index (χ4n) is 2.06. The number of halogens is 1. The predicted octanol–water partition coefficient (Wildman–Crippen LogP) is 2.46. The van der Waals surface area contributed by atoms with Crippen molar-refractivity contribution in [1.82, 2.24) is 20.9 Å². The van der Waals surface area contributed by atoms with Crippen LogP contribution in [-0.2, 0) is 6.54 Å². The molecular weight excluding hydrogens is 453 g/mol. The van der Waals surface area contributed by atoms with Crippen LogP contribution >= 0.6 is 35.3 Å². The van der Waals surface area contributed by atoms with Crippen molar-refractivity contribution in [2.75, 3.05) is 19.6 Å². The lowest BCUT2D eigenvalue weighted by Crippen LogP contribution is -2.41. The summed E-state index contributed by atoms with van der Waals surface area (Å²) in [7, 11) is 0. The molecule has 0 aliphatic rings. The zero-order valence-corrected chi connectivity index (χ0v) is 17.7. The fraction of sp³-hybridized carbons (Fsp3) is 0.438. The van der Waals surface area contributed by atoms with Crippen LogP contribution in [0.15, 0.2) is 27.8 Å². The SMILES string of the molecule is CCNC(=NCc1sc(C)nc1C)NCCNC(=O)c1ccco1.I. The molecule has 2 rings (SSSR count). The van der Waals surface area contributed by atoms with Gasteiger partial charge in [0.25, 0.3) is 5.91 Å². The van der Waals surface area contributed by atoms with Gasteiger partial charge in [-0.3, -0.25) is 4.79 Å². The molecule has 3 N–H and O–H groups in total. The standard InChI is InChI=1S/C16H23N5O2S.HI/c1-4-17-16(20-10-14-11(2)21-12(3)24-14)19-8-7-18-15(22)13-6-5-9-23-13;/h5-6,9H,4,7-8,10H2,1-3H3,(H,18,22)(H2,17,19,20);1H. The third kappa shape index (κ3) is 7.02. The Kier molecular flexibility index (Phi) is 9.50. The van der Waals surface area contributed by atoms with Crippen LogP contribution in [0.3, 0.4) is 0 Å². The summed E-state index contributed by atoms with van der Waals surface area (Å²) < 4.78 is 5.04. The van der Waals surface area contributed by atoms with Crippen LogP contribution in [0.1, 0.15) is 33.1 Å². The van der Waals surface area contributed by atoms with Gasteiger partial charge in [0.1, 0.15) is 0 Å². The first-order chi connectivity index (χ1) is 11.6. The first-order valence-electron chi connectivity index (χ1n) is 7.87. The molecule has 9 heteroatoms. The lowest BCUT2D eigenvalue weighted by molar-refractivity contribution is 0.0926. The minimum atomic E-state index is -0.223. The summed E-state index contributed by atoms with van der Waals surface area (Å²) in [5.41, 5.74) is 1.03. The molecule has 0 fully saturated rings. The van der Waals surface area contributed by atoms with Gasteiger partial charge in [0.2, 0.25) is 0 Å². The van der Waals surface area contributed by atoms with Crippen molar-refractivity contribution >= 4 is 47.2 Å². The van der Waals surface area contributed by atoms with Gasteiger partial charge in [-0.05, 0) is 32.9 Å². The molecule has 0 aliphatic heterocycles. The van der Waals surface area contributed by atoms with Crippen LogP contribution in [0.2, 0.25) is 0 Å². The quantitative estimate of drug-likeness (QED) is 0.247. The maximum atomic E-state index is 11.7. The molecule has 0 atom stereocenters. The highest BCUT2D eigenvalue weighted by Crippen LogP contribution is 2.17. The summed E-state index contributed by atoms with van der Waals surface area (Å²) in [6.45, 7) is 8.41. The Bertz CT molecular complexity index is 685. The number of aromatic nitrogens is 1. The molecule has 2 aromatic rings. The van der Waals surface area contributed by atoms with Crippen LogP contribution in [-0.4, -0.2) is 36.5 Å². The van der Waals surface area contributed by atoms with E-state index < -0.39 is 0 Å². The second-order valence-electron chi connectivity index (χ2n) is 5.10. The monoisotopic (exact) mass is 477 g/mol. The Morgan fingerprint density at radius 2 is 2.04 bits per heavy atom. The van der Waals surface area contributed by atoms with Crippen molar-refractivity contribution in [3.05, 3.63) is 39.7 Å². The van der Waals surface area contributed by atoms with Gasteiger partial charge >= 0.3 is 0 Å². The number of rotatable bonds is 7. The molecule has 7 nitrogen and oxygen atoms in total. The number of carbonyl (C=O) groups is 1. The molecule has 0 radical (unpaired) electrons. The van der Waals surface area contributed by atoms with Crippen LogP contribution < -0.4 is 16.0 Å². The smallest absolute Gasteiger partial charge is 0.287 e. The maximum absolute atomic E-state index is 11.7. The van der Waals surface area contributed by atoms with Crippen molar-refractivity contribution in [3.8, 4) is 0 Å². The zero-order valence-electron chi connectivity index (χ0n) is 14.6. The fourth-order valence-corrected chi connectivity index (χ4v) is 2.93. The van der Waals surface area contributed by atoms with Crippen LogP contribution in [0.4, 0.5) is 0 Å². The molecule has 25 heavy (non-hydrogen) atoms. The van der Waals surface area contributed by atoms with E-state index in [1.165, 1.54) is 6.26 Å². The van der Waals surface area contributed by atoms with E-state index in [1.54, 1.807) is 23.5 Å². The second-order valence-corrected chi connectivity index (χ2v) is 6.38. The van der Waals surface area contributed by atoms with E-state index in [0.29, 0.717) is 25.4 Å². The van der Waals surface area contributed by atoms with E-state index in [1.807, 2.05) is 20.8 Å². The highest BCUT2D eigenvalue weighted by atomic mass is 127. The number of hydrogen-bond acceptors (Lipinski definition) is 5. The van der Waals surface area contributed by atoms with Crippen LogP contribution in [0, 0.1) is 13.8 Å². The molecule has 0 unspecified atom stereocenters. The molecular formula is C16H24IN5O2S. The number of aryl methyl sites for hydroxylation is 2. The molecule has 2 heterocycles. The van der Waals surface area contributed by atoms with Crippen molar-refractivity contribution in [2.45, 2.75) is 27.3 Å². The number of thiazole rings is 1. The van der Waals surface area contributed by atoms with Gasteiger partial charge in [-0.15, -0.1) is 35.3 Å². The zero-order chi connectivity index (χ0) is 17.4. The van der Waals surface area contributed by atoms with E-state index >= 15 is 0 Å². The Hall–Kier alpha value is -1.62. The van der Waals surface area contributed by atoms with Crippen molar-refractivity contribution < 1.29 is 9.21 Å². The number of amides is 1. The molecule has 0 bridgehead atoms. The first-order valence-corrected chi connectivity index (χ1v) is 8.68. The van der Waals surface area contributed by atoms with Crippen molar-refractivity contribution in [1.29, 1.82) is 0 Å². The topological polar surface area (TPSA) is 91.5 Å². The molecule has 0 aromatic carbocycles. The summed E-state index contributed by atoms with van der Waals surface area (Å²) >= 11 is 1.66. The van der Waals surface area contributed by atoms with E-state index in [9.17, 15) is 4.79 Å². The Morgan fingerprint density at radius 1 is 1.28 bits per heavy atom. The van der Waals surface area contributed by atoms with E-state index in [0.717, 1.165) is 28.1 Å². The van der Waals surface area contributed by atoms with Crippen molar-refractivity contribution in [3.63, 3.8) is 0 Å². The maximum Gasteiger partial charge on any atom is 0.287 e. The number of guanidine groups is 1. The summed E-state index contributed by atoms with van der Waals surface area (Å²) in [5, 5.41) is 10.2. The normalized spacial score (nSPS) is 10.9.